The van der Waals surface area contributed by atoms with E-state index in [1.165, 1.54) is 0 Å². The molecule has 0 spiro atoms. The van der Waals surface area contributed by atoms with Gasteiger partial charge in [-0.3, -0.25) is 4.90 Å². The summed E-state index contributed by atoms with van der Waals surface area (Å²) in [5.41, 5.74) is 0.799. The van der Waals surface area contributed by atoms with E-state index >= 15 is 0 Å². The predicted molar refractivity (Wildman–Crippen MR) is 73.0 cm³/mol. The lowest BCUT2D eigenvalue weighted by Gasteiger charge is -2.38. The van der Waals surface area contributed by atoms with Gasteiger partial charge in [-0.05, 0) is 24.8 Å². The Morgan fingerprint density at radius 1 is 1.33 bits per heavy atom. The number of benzene rings is 1. The first-order valence-electron chi connectivity index (χ1n) is 7.00. The summed E-state index contributed by atoms with van der Waals surface area (Å²) in [5, 5.41) is 8.82. The fourth-order valence-electron chi connectivity index (χ4n) is 2.50. The molecular formula is C15H19F2NO3. The number of amides is 1. The molecule has 0 radical (unpaired) electrons. The van der Waals surface area contributed by atoms with Crippen LogP contribution in [0.5, 0.6) is 0 Å². The van der Waals surface area contributed by atoms with Crippen LogP contribution in [0.1, 0.15) is 24.8 Å². The topological polar surface area (TPSA) is 49.8 Å². The molecule has 1 aromatic carbocycles. The highest BCUT2D eigenvalue weighted by atomic mass is 19.3. The van der Waals surface area contributed by atoms with Crippen LogP contribution in [0.15, 0.2) is 30.3 Å². The third kappa shape index (κ3) is 3.91. The zero-order chi connectivity index (χ0) is 15.3. The number of carbonyl (C=O) groups excluding carboxylic acids is 1. The number of aliphatic hydroxyl groups is 1. The molecule has 116 valence electrons. The van der Waals surface area contributed by atoms with Gasteiger partial charge >= 0.3 is 6.09 Å². The van der Waals surface area contributed by atoms with Gasteiger partial charge in [-0.15, -0.1) is 0 Å². The van der Waals surface area contributed by atoms with Crippen LogP contribution < -0.4 is 0 Å². The van der Waals surface area contributed by atoms with Crippen LogP contribution in [-0.4, -0.2) is 41.2 Å². The Hall–Kier alpha value is -1.69. The summed E-state index contributed by atoms with van der Waals surface area (Å²) in [6.07, 6.45) is 0.700. The third-order valence-corrected chi connectivity index (χ3v) is 3.64. The number of alkyl halides is 2. The standard InChI is InChI=1S/C15H19F2NO3/c16-15(17,11-19)13-8-4-5-9-18(13)14(20)21-10-12-6-2-1-3-7-12/h1-3,6-7,13,19H,4-5,8-11H2. The molecule has 0 saturated carbocycles. The highest BCUT2D eigenvalue weighted by Crippen LogP contribution is 2.31. The Morgan fingerprint density at radius 2 is 2.05 bits per heavy atom. The van der Waals surface area contributed by atoms with Gasteiger partial charge in [0, 0.05) is 6.54 Å². The second kappa shape index (κ2) is 6.85. The lowest BCUT2D eigenvalue weighted by Crippen LogP contribution is -2.54. The summed E-state index contributed by atoms with van der Waals surface area (Å²) >= 11 is 0. The number of rotatable bonds is 4. The van der Waals surface area contributed by atoms with Gasteiger partial charge in [-0.2, -0.15) is 0 Å². The summed E-state index contributed by atoms with van der Waals surface area (Å²) < 4.78 is 32.5. The van der Waals surface area contributed by atoms with Crippen LogP contribution in [-0.2, 0) is 11.3 Å². The second-order valence-electron chi connectivity index (χ2n) is 5.16. The smallest absolute Gasteiger partial charge is 0.410 e. The highest BCUT2D eigenvalue weighted by molar-refractivity contribution is 5.68. The molecule has 1 fully saturated rings. The van der Waals surface area contributed by atoms with E-state index in [4.69, 9.17) is 9.84 Å². The van der Waals surface area contributed by atoms with Crippen molar-refractivity contribution in [2.45, 2.75) is 37.8 Å². The molecule has 1 aromatic rings. The van der Waals surface area contributed by atoms with E-state index in [2.05, 4.69) is 0 Å². The Bertz CT molecular complexity index is 467. The van der Waals surface area contributed by atoms with Gasteiger partial charge in [-0.1, -0.05) is 30.3 Å². The average molecular weight is 299 g/mol. The lowest BCUT2D eigenvalue weighted by atomic mass is 9.97. The summed E-state index contributed by atoms with van der Waals surface area (Å²) in [5.74, 6) is -3.30. The largest absolute Gasteiger partial charge is 0.445 e. The molecule has 4 nitrogen and oxygen atoms in total. The maximum atomic E-state index is 13.7. The SMILES string of the molecule is O=C(OCc1ccccc1)N1CCCCC1C(F)(F)CO. The fraction of sp³-hybridized carbons (Fsp3) is 0.533. The van der Waals surface area contributed by atoms with Crippen molar-refractivity contribution < 1.29 is 23.4 Å². The average Bonchev–Trinajstić information content (AvgIpc) is 2.53. The third-order valence-electron chi connectivity index (χ3n) is 3.64. The van der Waals surface area contributed by atoms with Crippen molar-refractivity contribution in [2.24, 2.45) is 0 Å². The van der Waals surface area contributed by atoms with Crippen molar-refractivity contribution in [3.05, 3.63) is 35.9 Å². The minimum Gasteiger partial charge on any atom is -0.445 e. The number of hydrogen-bond donors (Lipinski definition) is 1. The van der Waals surface area contributed by atoms with Crippen LogP contribution in [0.25, 0.3) is 0 Å². The molecule has 1 aliphatic rings. The molecule has 1 saturated heterocycles. The van der Waals surface area contributed by atoms with Gasteiger partial charge in [0.2, 0.25) is 0 Å². The van der Waals surface area contributed by atoms with E-state index in [0.29, 0.717) is 12.8 Å². The molecule has 1 heterocycles. The molecule has 1 aliphatic heterocycles. The van der Waals surface area contributed by atoms with Gasteiger partial charge in [0.15, 0.2) is 0 Å². The molecular weight excluding hydrogens is 280 g/mol. The summed E-state index contributed by atoms with van der Waals surface area (Å²) in [6, 6.07) is 7.76. The molecule has 0 bridgehead atoms. The number of piperidine rings is 1. The van der Waals surface area contributed by atoms with Crippen LogP contribution in [0.4, 0.5) is 13.6 Å². The molecule has 6 heteroatoms. The van der Waals surface area contributed by atoms with E-state index in [9.17, 15) is 13.6 Å². The molecule has 0 aromatic heterocycles. The first kappa shape index (κ1) is 15.7. The maximum Gasteiger partial charge on any atom is 0.410 e. The van der Waals surface area contributed by atoms with Crippen molar-refractivity contribution in [1.29, 1.82) is 0 Å². The zero-order valence-corrected chi connectivity index (χ0v) is 11.7. The van der Waals surface area contributed by atoms with E-state index in [0.717, 1.165) is 10.5 Å². The summed E-state index contributed by atoms with van der Waals surface area (Å²) in [6.45, 7) is -0.985. The van der Waals surface area contributed by atoms with Gasteiger partial charge in [0.1, 0.15) is 19.3 Å². The summed E-state index contributed by atoms with van der Waals surface area (Å²) in [4.78, 5) is 13.1. The van der Waals surface area contributed by atoms with Gasteiger partial charge in [-0.25, -0.2) is 13.6 Å². The fourth-order valence-corrected chi connectivity index (χ4v) is 2.50. The first-order valence-corrected chi connectivity index (χ1v) is 7.00. The van der Waals surface area contributed by atoms with Crippen LogP contribution in [0.2, 0.25) is 0 Å². The molecule has 1 unspecified atom stereocenters. The Balaban J connectivity index is 1.99. The predicted octanol–water partition coefficient (Wildman–Crippen LogP) is 2.81. The molecule has 2 rings (SSSR count). The lowest BCUT2D eigenvalue weighted by molar-refractivity contribution is -0.118. The zero-order valence-electron chi connectivity index (χ0n) is 11.7. The molecule has 1 N–H and O–H groups in total. The molecule has 1 amide bonds. The number of hydrogen-bond acceptors (Lipinski definition) is 3. The maximum absolute atomic E-state index is 13.7. The monoisotopic (exact) mass is 299 g/mol. The van der Waals surface area contributed by atoms with E-state index in [1.807, 2.05) is 18.2 Å². The Kier molecular flexibility index (Phi) is 5.12. The Morgan fingerprint density at radius 3 is 2.71 bits per heavy atom. The quantitative estimate of drug-likeness (QED) is 0.930. The van der Waals surface area contributed by atoms with Crippen molar-refractivity contribution >= 4 is 6.09 Å². The van der Waals surface area contributed by atoms with Gasteiger partial charge in [0.05, 0.1) is 0 Å². The van der Waals surface area contributed by atoms with Gasteiger partial charge in [0.25, 0.3) is 5.92 Å². The van der Waals surface area contributed by atoms with E-state index < -0.39 is 24.7 Å². The normalized spacial score (nSPS) is 19.4. The van der Waals surface area contributed by atoms with E-state index in [1.54, 1.807) is 12.1 Å². The highest BCUT2D eigenvalue weighted by Gasteiger charge is 2.45. The van der Waals surface area contributed by atoms with Crippen molar-refractivity contribution in [3.63, 3.8) is 0 Å². The molecule has 0 aliphatic carbocycles. The Labute approximate surface area is 122 Å². The van der Waals surface area contributed by atoms with Gasteiger partial charge < -0.3 is 9.84 Å². The first-order chi connectivity index (χ1) is 10.0. The second-order valence-corrected chi connectivity index (χ2v) is 5.16. The minimum absolute atomic E-state index is 0.0492. The van der Waals surface area contributed by atoms with Crippen LogP contribution in [0, 0.1) is 0 Å². The number of aliphatic hydroxyl groups excluding tert-OH is 1. The van der Waals surface area contributed by atoms with Crippen molar-refractivity contribution in [3.8, 4) is 0 Å². The molecule has 1 atom stereocenters. The molecule has 21 heavy (non-hydrogen) atoms. The number of halogens is 2. The number of carbonyl (C=O) groups is 1. The van der Waals surface area contributed by atoms with E-state index in [-0.39, 0.29) is 19.6 Å². The van der Waals surface area contributed by atoms with Crippen LogP contribution >= 0.6 is 0 Å². The van der Waals surface area contributed by atoms with Crippen LogP contribution in [0.3, 0.4) is 0 Å². The summed E-state index contributed by atoms with van der Waals surface area (Å²) in [7, 11) is 0. The number of nitrogens with zero attached hydrogens (tertiary/aromatic N) is 1. The van der Waals surface area contributed by atoms with Crippen molar-refractivity contribution in [1.82, 2.24) is 4.90 Å². The van der Waals surface area contributed by atoms with Crippen molar-refractivity contribution in [2.75, 3.05) is 13.2 Å². The number of likely N-dealkylation sites (tertiary alicyclic amines) is 1. The minimum atomic E-state index is -3.30. The number of ether oxygens (including phenoxy) is 1.